The van der Waals surface area contributed by atoms with Gasteiger partial charge in [0.05, 0.1) is 16.0 Å². The average Bonchev–Trinajstić information content (AvgIpc) is 2.71. The normalized spacial score (nSPS) is 16.1. The lowest BCUT2D eigenvalue weighted by Crippen LogP contribution is -2.34. The van der Waals surface area contributed by atoms with Crippen LogP contribution in [-0.4, -0.2) is 27.5 Å². The molecule has 0 fully saturated rings. The van der Waals surface area contributed by atoms with Crippen molar-refractivity contribution in [1.29, 1.82) is 0 Å². The third-order valence-corrected chi connectivity index (χ3v) is 6.57. The highest BCUT2D eigenvalue weighted by Crippen LogP contribution is 2.30. The van der Waals surface area contributed by atoms with E-state index in [0.717, 1.165) is 24.8 Å². The Morgan fingerprint density at radius 2 is 2.03 bits per heavy atom. The molecule has 8 heteroatoms. The molecule has 29 heavy (non-hydrogen) atoms. The molecule has 0 radical (unpaired) electrons. The van der Waals surface area contributed by atoms with Gasteiger partial charge in [0.25, 0.3) is 5.91 Å². The fourth-order valence-electron chi connectivity index (χ4n) is 3.37. The minimum absolute atomic E-state index is 0.0244. The number of carbonyl (C=O) groups excluding carboxylic acids is 1. The van der Waals surface area contributed by atoms with Crippen LogP contribution in [0.15, 0.2) is 47.4 Å². The maximum absolute atomic E-state index is 12.4. The molecule has 1 atom stereocenters. The van der Waals surface area contributed by atoms with Crippen molar-refractivity contribution in [2.45, 2.75) is 43.5 Å². The van der Waals surface area contributed by atoms with E-state index in [2.05, 4.69) is 16.1 Å². The number of ether oxygens (including phenoxy) is 1. The largest absolute Gasteiger partial charge is 0.482 e. The predicted octanol–water partition coefficient (Wildman–Crippen LogP) is 3.60. The monoisotopic (exact) mass is 436 g/mol. The SMILES string of the molecule is CCCNS(=O)(=O)c1ccc(OCC(=O)N[C@@H]2CCCc3ccccc32)c(Cl)c1. The molecule has 0 heterocycles. The smallest absolute Gasteiger partial charge is 0.258 e. The Hall–Kier alpha value is -2.09. The van der Waals surface area contributed by atoms with Crippen LogP contribution >= 0.6 is 11.6 Å². The van der Waals surface area contributed by atoms with E-state index in [4.69, 9.17) is 16.3 Å². The van der Waals surface area contributed by atoms with Crippen molar-refractivity contribution in [3.63, 3.8) is 0 Å². The van der Waals surface area contributed by atoms with E-state index in [-0.39, 0.29) is 34.2 Å². The first-order chi connectivity index (χ1) is 13.9. The molecule has 3 rings (SSSR count). The summed E-state index contributed by atoms with van der Waals surface area (Å²) in [5, 5.41) is 3.15. The van der Waals surface area contributed by atoms with Gasteiger partial charge in [0.2, 0.25) is 10.0 Å². The molecule has 0 aromatic heterocycles. The van der Waals surface area contributed by atoms with Gasteiger partial charge in [-0.15, -0.1) is 0 Å². The lowest BCUT2D eigenvalue weighted by Gasteiger charge is -2.26. The standard InChI is InChI=1S/C21H25ClN2O4S/c1-2-12-23-29(26,27)16-10-11-20(18(22)13-16)28-14-21(25)24-19-9-5-7-15-6-3-4-8-17(15)19/h3-4,6,8,10-11,13,19,23H,2,5,7,9,12,14H2,1H3,(H,24,25)/t19-/m1/s1. The molecule has 0 saturated heterocycles. The number of hydrogen-bond acceptors (Lipinski definition) is 4. The number of sulfonamides is 1. The molecule has 0 spiro atoms. The molecule has 0 unspecified atom stereocenters. The lowest BCUT2D eigenvalue weighted by molar-refractivity contribution is -0.123. The molecule has 0 saturated carbocycles. The van der Waals surface area contributed by atoms with Gasteiger partial charge < -0.3 is 10.1 Å². The summed E-state index contributed by atoms with van der Waals surface area (Å²) in [5.41, 5.74) is 2.42. The van der Waals surface area contributed by atoms with E-state index in [9.17, 15) is 13.2 Å². The Kier molecular flexibility index (Phi) is 7.16. The fourth-order valence-corrected chi connectivity index (χ4v) is 4.83. The van der Waals surface area contributed by atoms with Crippen LogP contribution in [0.3, 0.4) is 0 Å². The lowest BCUT2D eigenvalue weighted by atomic mass is 9.88. The van der Waals surface area contributed by atoms with Crippen LogP contribution in [0, 0.1) is 0 Å². The average molecular weight is 437 g/mol. The zero-order chi connectivity index (χ0) is 20.9. The van der Waals surface area contributed by atoms with E-state index in [1.807, 2.05) is 25.1 Å². The van der Waals surface area contributed by atoms with Gasteiger partial charge >= 0.3 is 0 Å². The Morgan fingerprint density at radius 3 is 2.79 bits per heavy atom. The number of nitrogens with one attached hydrogen (secondary N) is 2. The van der Waals surface area contributed by atoms with Crippen LogP contribution in [0.1, 0.15) is 43.4 Å². The van der Waals surface area contributed by atoms with Crippen LogP contribution in [0.2, 0.25) is 5.02 Å². The second-order valence-electron chi connectivity index (χ2n) is 6.99. The minimum Gasteiger partial charge on any atom is -0.482 e. The van der Waals surface area contributed by atoms with E-state index >= 15 is 0 Å². The van der Waals surface area contributed by atoms with Gasteiger partial charge in [0.15, 0.2) is 6.61 Å². The van der Waals surface area contributed by atoms with Crippen molar-refractivity contribution in [2.75, 3.05) is 13.2 Å². The fraction of sp³-hybridized carbons (Fsp3) is 0.381. The van der Waals surface area contributed by atoms with Crippen LogP contribution in [0.4, 0.5) is 0 Å². The molecule has 6 nitrogen and oxygen atoms in total. The molecule has 2 aromatic carbocycles. The first-order valence-electron chi connectivity index (χ1n) is 9.70. The molecule has 1 aliphatic carbocycles. The number of halogens is 1. The molecule has 1 aliphatic rings. The van der Waals surface area contributed by atoms with Crippen molar-refractivity contribution in [2.24, 2.45) is 0 Å². The molecular weight excluding hydrogens is 412 g/mol. The highest BCUT2D eigenvalue weighted by molar-refractivity contribution is 7.89. The van der Waals surface area contributed by atoms with Gasteiger partial charge in [-0.25, -0.2) is 13.1 Å². The molecule has 2 aromatic rings. The number of carbonyl (C=O) groups is 1. The van der Waals surface area contributed by atoms with E-state index in [0.29, 0.717) is 13.0 Å². The van der Waals surface area contributed by atoms with Crippen molar-refractivity contribution in [3.8, 4) is 5.75 Å². The van der Waals surface area contributed by atoms with Crippen molar-refractivity contribution >= 4 is 27.5 Å². The molecule has 156 valence electrons. The molecule has 2 N–H and O–H groups in total. The summed E-state index contributed by atoms with van der Waals surface area (Å²) in [6.45, 7) is 2.03. The zero-order valence-electron chi connectivity index (χ0n) is 16.3. The van der Waals surface area contributed by atoms with Gasteiger partial charge in [0, 0.05) is 6.54 Å². The summed E-state index contributed by atoms with van der Waals surface area (Å²) < 4.78 is 32.3. The van der Waals surface area contributed by atoms with Crippen LogP contribution in [0.25, 0.3) is 0 Å². The number of rotatable bonds is 8. The topological polar surface area (TPSA) is 84.5 Å². The summed E-state index contributed by atoms with van der Waals surface area (Å²) in [4.78, 5) is 12.4. The third kappa shape index (κ3) is 5.50. The predicted molar refractivity (Wildman–Crippen MR) is 113 cm³/mol. The van der Waals surface area contributed by atoms with Gasteiger partial charge in [-0.05, 0) is 55.0 Å². The van der Waals surface area contributed by atoms with Crippen molar-refractivity contribution in [1.82, 2.24) is 10.0 Å². The zero-order valence-corrected chi connectivity index (χ0v) is 17.9. The molecule has 1 amide bonds. The quantitative estimate of drug-likeness (QED) is 0.662. The van der Waals surface area contributed by atoms with Gasteiger partial charge in [-0.1, -0.05) is 42.8 Å². The second-order valence-corrected chi connectivity index (χ2v) is 9.16. The first-order valence-corrected chi connectivity index (χ1v) is 11.6. The van der Waals surface area contributed by atoms with Crippen LogP contribution in [-0.2, 0) is 21.2 Å². The number of benzene rings is 2. The van der Waals surface area contributed by atoms with E-state index in [1.54, 1.807) is 0 Å². The maximum atomic E-state index is 12.4. The number of aryl methyl sites for hydroxylation is 1. The number of hydrogen-bond donors (Lipinski definition) is 2. The van der Waals surface area contributed by atoms with Crippen LogP contribution < -0.4 is 14.8 Å². The first kappa shape index (κ1) is 21.6. The molecular formula is C21H25ClN2O4S. The highest BCUT2D eigenvalue weighted by atomic mass is 35.5. The third-order valence-electron chi connectivity index (χ3n) is 4.82. The Bertz CT molecular complexity index is 978. The van der Waals surface area contributed by atoms with Gasteiger partial charge in [-0.3, -0.25) is 4.79 Å². The number of amides is 1. The van der Waals surface area contributed by atoms with Gasteiger partial charge in [-0.2, -0.15) is 0 Å². The summed E-state index contributed by atoms with van der Waals surface area (Å²) in [6.07, 6.45) is 3.63. The summed E-state index contributed by atoms with van der Waals surface area (Å²) in [6, 6.07) is 12.3. The van der Waals surface area contributed by atoms with E-state index < -0.39 is 10.0 Å². The summed E-state index contributed by atoms with van der Waals surface area (Å²) in [5.74, 6) is 0.0179. The highest BCUT2D eigenvalue weighted by Gasteiger charge is 2.22. The molecule has 0 bridgehead atoms. The van der Waals surface area contributed by atoms with Gasteiger partial charge in [0.1, 0.15) is 5.75 Å². The summed E-state index contributed by atoms with van der Waals surface area (Å²) >= 11 is 6.16. The van der Waals surface area contributed by atoms with E-state index in [1.165, 1.54) is 23.8 Å². The minimum atomic E-state index is -3.61. The Labute approximate surface area is 176 Å². The number of fused-ring (bicyclic) bond motifs is 1. The Morgan fingerprint density at radius 1 is 1.24 bits per heavy atom. The Balaban J connectivity index is 1.60. The molecule has 0 aliphatic heterocycles. The summed E-state index contributed by atoms with van der Waals surface area (Å²) in [7, 11) is -3.61. The van der Waals surface area contributed by atoms with Crippen LogP contribution in [0.5, 0.6) is 5.75 Å². The van der Waals surface area contributed by atoms with Crippen molar-refractivity contribution < 1.29 is 17.9 Å². The van der Waals surface area contributed by atoms with Crippen molar-refractivity contribution in [3.05, 3.63) is 58.6 Å². The second kappa shape index (κ2) is 9.61. The maximum Gasteiger partial charge on any atom is 0.258 e.